The Labute approximate surface area is 145 Å². The first-order chi connectivity index (χ1) is 10.1. The number of halogens is 3. The number of aliphatic imine (C=N–C) groups is 1. The van der Waals surface area contributed by atoms with Gasteiger partial charge in [-0.1, -0.05) is 43.5 Å². The second kappa shape index (κ2) is 5.99. The molecule has 0 aromatic heterocycles. The molecular formula is C15H12Br2ClN3. The topological polar surface area (TPSA) is 41.6 Å². The van der Waals surface area contributed by atoms with E-state index < -0.39 is 0 Å². The highest BCUT2D eigenvalue weighted by molar-refractivity contribution is 9.10. The fourth-order valence-corrected chi connectivity index (χ4v) is 3.37. The lowest BCUT2D eigenvalue weighted by Crippen LogP contribution is -2.36. The SMILES string of the molecule is NC1=NCC(c2cc(Cl)ccc2Br)N1c1ccc(Br)cc1. The molecule has 0 saturated carbocycles. The summed E-state index contributed by atoms with van der Waals surface area (Å²) in [5, 5.41) is 0.703. The smallest absolute Gasteiger partial charge is 0.196 e. The maximum absolute atomic E-state index is 6.13. The van der Waals surface area contributed by atoms with Crippen molar-refractivity contribution in [2.45, 2.75) is 6.04 Å². The summed E-state index contributed by atoms with van der Waals surface area (Å²) >= 11 is 13.2. The van der Waals surface area contributed by atoms with Crippen LogP contribution in [0.25, 0.3) is 0 Å². The molecule has 3 nitrogen and oxygen atoms in total. The Hall–Kier alpha value is -1.04. The second-order valence-corrected chi connectivity index (χ2v) is 6.93. The zero-order valence-electron chi connectivity index (χ0n) is 10.9. The highest BCUT2D eigenvalue weighted by Crippen LogP contribution is 2.36. The minimum atomic E-state index is 0.0410. The van der Waals surface area contributed by atoms with Crippen LogP contribution in [0.5, 0.6) is 0 Å². The number of nitrogens with zero attached hydrogens (tertiary/aromatic N) is 2. The molecule has 1 aliphatic rings. The van der Waals surface area contributed by atoms with E-state index in [1.54, 1.807) is 0 Å². The molecule has 1 atom stereocenters. The molecular weight excluding hydrogens is 417 g/mol. The third kappa shape index (κ3) is 2.96. The number of hydrogen-bond acceptors (Lipinski definition) is 3. The van der Waals surface area contributed by atoms with Gasteiger partial charge in [0.15, 0.2) is 5.96 Å². The van der Waals surface area contributed by atoms with Crippen LogP contribution >= 0.6 is 43.5 Å². The van der Waals surface area contributed by atoms with Crippen molar-refractivity contribution in [3.8, 4) is 0 Å². The number of benzene rings is 2. The fourth-order valence-electron chi connectivity index (χ4n) is 2.42. The molecule has 0 bridgehead atoms. The molecule has 1 heterocycles. The maximum Gasteiger partial charge on any atom is 0.196 e. The van der Waals surface area contributed by atoms with Gasteiger partial charge in [0.25, 0.3) is 0 Å². The Morgan fingerprint density at radius 1 is 1.14 bits per heavy atom. The van der Waals surface area contributed by atoms with E-state index in [9.17, 15) is 0 Å². The summed E-state index contributed by atoms with van der Waals surface area (Å²) < 4.78 is 2.03. The number of anilines is 1. The van der Waals surface area contributed by atoms with E-state index in [2.05, 4.69) is 36.9 Å². The highest BCUT2D eigenvalue weighted by atomic mass is 79.9. The van der Waals surface area contributed by atoms with Crippen molar-refractivity contribution in [3.63, 3.8) is 0 Å². The van der Waals surface area contributed by atoms with Gasteiger partial charge in [-0.05, 0) is 48.0 Å². The molecule has 0 fully saturated rings. The van der Waals surface area contributed by atoms with E-state index in [1.807, 2.05) is 47.4 Å². The fraction of sp³-hybridized carbons (Fsp3) is 0.133. The minimum absolute atomic E-state index is 0.0410. The Morgan fingerprint density at radius 2 is 1.86 bits per heavy atom. The number of nitrogens with two attached hydrogens (primary N) is 1. The van der Waals surface area contributed by atoms with Crippen molar-refractivity contribution in [2.75, 3.05) is 11.4 Å². The van der Waals surface area contributed by atoms with Gasteiger partial charge in [0.1, 0.15) is 0 Å². The lowest BCUT2D eigenvalue weighted by molar-refractivity contribution is 0.765. The van der Waals surface area contributed by atoms with Crippen LogP contribution in [0.4, 0.5) is 5.69 Å². The quantitative estimate of drug-likeness (QED) is 0.749. The average Bonchev–Trinajstić information content (AvgIpc) is 2.84. The van der Waals surface area contributed by atoms with E-state index >= 15 is 0 Å². The van der Waals surface area contributed by atoms with Gasteiger partial charge >= 0.3 is 0 Å². The van der Waals surface area contributed by atoms with Crippen LogP contribution in [0.3, 0.4) is 0 Å². The van der Waals surface area contributed by atoms with Crippen LogP contribution in [0, 0.1) is 0 Å². The minimum Gasteiger partial charge on any atom is -0.369 e. The van der Waals surface area contributed by atoms with Gasteiger partial charge in [0.2, 0.25) is 0 Å². The summed E-state index contributed by atoms with van der Waals surface area (Å²) in [6, 6.07) is 13.8. The summed E-state index contributed by atoms with van der Waals surface area (Å²) in [7, 11) is 0. The first kappa shape index (κ1) is 14.9. The molecule has 0 aliphatic carbocycles. The molecule has 0 radical (unpaired) electrons. The van der Waals surface area contributed by atoms with E-state index in [1.165, 1.54) is 0 Å². The van der Waals surface area contributed by atoms with Crippen molar-refractivity contribution >= 4 is 55.1 Å². The first-order valence-electron chi connectivity index (χ1n) is 6.36. The van der Waals surface area contributed by atoms with Crippen molar-refractivity contribution < 1.29 is 0 Å². The zero-order chi connectivity index (χ0) is 15.0. The monoisotopic (exact) mass is 427 g/mol. The van der Waals surface area contributed by atoms with Crippen molar-refractivity contribution in [1.29, 1.82) is 0 Å². The van der Waals surface area contributed by atoms with Gasteiger partial charge in [0, 0.05) is 19.7 Å². The lowest BCUT2D eigenvalue weighted by Gasteiger charge is -2.27. The van der Waals surface area contributed by atoms with E-state index in [0.29, 0.717) is 17.5 Å². The van der Waals surface area contributed by atoms with Crippen molar-refractivity contribution in [1.82, 2.24) is 0 Å². The van der Waals surface area contributed by atoms with E-state index in [-0.39, 0.29) is 6.04 Å². The van der Waals surface area contributed by atoms with Crippen molar-refractivity contribution in [3.05, 3.63) is 62.0 Å². The summed E-state index contributed by atoms with van der Waals surface area (Å²) in [4.78, 5) is 6.42. The standard InChI is InChI=1S/C15H12Br2ClN3/c16-9-1-4-11(5-2-9)21-14(8-20-15(21)19)12-7-10(18)3-6-13(12)17/h1-7,14H,8H2,(H2,19,20). The summed E-state index contributed by atoms with van der Waals surface area (Å²) in [5.41, 5.74) is 8.17. The summed E-state index contributed by atoms with van der Waals surface area (Å²) in [6.45, 7) is 0.612. The average molecular weight is 430 g/mol. The third-order valence-electron chi connectivity index (χ3n) is 3.41. The second-order valence-electron chi connectivity index (χ2n) is 4.73. The molecule has 0 saturated heterocycles. The van der Waals surface area contributed by atoms with Gasteiger partial charge in [-0.25, -0.2) is 0 Å². The molecule has 0 amide bonds. The van der Waals surface area contributed by atoms with Gasteiger partial charge in [0.05, 0.1) is 12.6 Å². The molecule has 108 valence electrons. The van der Waals surface area contributed by atoms with Crippen LogP contribution in [-0.4, -0.2) is 12.5 Å². The highest BCUT2D eigenvalue weighted by Gasteiger charge is 2.30. The van der Waals surface area contributed by atoms with Crippen LogP contribution in [0.1, 0.15) is 11.6 Å². The Morgan fingerprint density at radius 3 is 2.57 bits per heavy atom. The normalized spacial score (nSPS) is 18.0. The zero-order valence-corrected chi connectivity index (χ0v) is 14.9. The predicted octanol–water partition coefficient (Wildman–Crippen LogP) is 4.74. The number of rotatable bonds is 2. The van der Waals surface area contributed by atoms with Gasteiger partial charge in [-0.2, -0.15) is 0 Å². The maximum atomic E-state index is 6.13. The van der Waals surface area contributed by atoms with Gasteiger partial charge < -0.3 is 10.6 Å². The molecule has 2 N–H and O–H groups in total. The molecule has 3 rings (SSSR count). The largest absolute Gasteiger partial charge is 0.369 e. The summed E-state index contributed by atoms with van der Waals surface area (Å²) in [5.74, 6) is 0.522. The Balaban J connectivity index is 2.02. The molecule has 6 heteroatoms. The molecule has 2 aromatic rings. The van der Waals surface area contributed by atoms with Gasteiger partial charge in [-0.3, -0.25) is 4.99 Å². The summed E-state index contributed by atoms with van der Waals surface area (Å²) in [6.07, 6.45) is 0. The molecule has 1 unspecified atom stereocenters. The first-order valence-corrected chi connectivity index (χ1v) is 8.32. The van der Waals surface area contributed by atoms with Crippen LogP contribution in [0.2, 0.25) is 5.02 Å². The lowest BCUT2D eigenvalue weighted by atomic mass is 10.1. The Bertz CT molecular complexity index is 701. The van der Waals surface area contributed by atoms with E-state index in [4.69, 9.17) is 17.3 Å². The third-order valence-corrected chi connectivity index (χ3v) is 4.89. The molecule has 2 aromatic carbocycles. The van der Waals surface area contributed by atoms with Crippen LogP contribution < -0.4 is 10.6 Å². The molecule has 1 aliphatic heterocycles. The molecule has 21 heavy (non-hydrogen) atoms. The van der Waals surface area contributed by atoms with Crippen molar-refractivity contribution in [2.24, 2.45) is 10.7 Å². The number of guanidine groups is 1. The Kier molecular flexibility index (Phi) is 4.24. The van der Waals surface area contributed by atoms with Gasteiger partial charge in [-0.15, -0.1) is 0 Å². The predicted molar refractivity (Wildman–Crippen MR) is 95.0 cm³/mol. The van der Waals surface area contributed by atoms with Crippen LogP contribution in [-0.2, 0) is 0 Å². The van der Waals surface area contributed by atoms with E-state index in [0.717, 1.165) is 20.2 Å². The molecule has 0 spiro atoms. The number of hydrogen-bond donors (Lipinski definition) is 1. The van der Waals surface area contributed by atoms with Crippen LogP contribution in [0.15, 0.2) is 56.4 Å².